The van der Waals surface area contributed by atoms with Crippen molar-refractivity contribution in [1.29, 1.82) is 0 Å². The number of nitrogens with one attached hydrogen (secondary N) is 2. The number of amides is 1. The van der Waals surface area contributed by atoms with Crippen LogP contribution in [0.3, 0.4) is 0 Å². The lowest BCUT2D eigenvalue weighted by Gasteiger charge is -2.07. The first-order chi connectivity index (χ1) is 10.3. The number of rotatable bonds is 7. The Bertz CT molecular complexity index is 577. The molecule has 0 bridgehead atoms. The molecule has 0 unspecified atom stereocenters. The van der Waals surface area contributed by atoms with Crippen LogP contribution in [0.4, 0.5) is 5.82 Å². The van der Waals surface area contributed by atoms with Crippen molar-refractivity contribution in [2.75, 3.05) is 25.6 Å². The number of carbonyl (C=O) groups excluding carboxylic acids is 1. The van der Waals surface area contributed by atoms with Crippen LogP contribution in [0.2, 0.25) is 0 Å². The standard InChI is InChI=1S/C14H17N5O2/c1-21-7-6-16-14(20)12-8-13(19-10-18-12)17-9-11-4-2-3-5-15-11/h2-5,8,10H,6-7,9H2,1H3,(H,16,20)(H,17,18,19). The molecule has 7 nitrogen and oxygen atoms in total. The summed E-state index contributed by atoms with van der Waals surface area (Å²) in [6.07, 6.45) is 3.08. The first-order valence-corrected chi connectivity index (χ1v) is 6.52. The molecular formula is C14H17N5O2. The average Bonchev–Trinajstić information content (AvgIpc) is 2.54. The number of anilines is 1. The van der Waals surface area contributed by atoms with Gasteiger partial charge in [0.05, 0.1) is 18.8 Å². The lowest BCUT2D eigenvalue weighted by atomic mass is 10.3. The van der Waals surface area contributed by atoms with Crippen LogP contribution in [-0.4, -0.2) is 41.1 Å². The molecule has 0 radical (unpaired) electrons. The minimum absolute atomic E-state index is 0.254. The Morgan fingerprint density at radius 1 is 1.29 bits per heavy atom. The topological polar surface area (TPSA) is 89.0 Å². The molecule has 0 aliphatic heterocycles. The average molecular weight is 287 g/mol. The van der Waals surface area contributed by atoms with Crippen molar-refractivity contribution in [3.63, 3.8) is 0 Å². The molecule has 110 valence electrons. The van der Waals surface area contributed by atoms with Gasteiger partial charge in [-0.1, -0.05) is 6.07 Å². The Hall–Kier alpha value is -2.54. The maximum atomic E-state index is 11.8. The molecule has 0 saturated carbocycles. The normalized spacial score (nSPS) is 10.1. The largest absolute Gasteiger partial charge is 0.383 e. The van der Waals surface area contributed by atoms with Crippen LogP contribution in [0.25, 0.3) is 0 Å². The molecule has 2 aromatic rings. The molecule has 0 aliphatic rings. The van der Waals surface area contributed by atoms with Gasteiger partial charge in [-0.2, -0.15) is 0 Å². The molecule has 21 heavy (non-hydrogen) atoms. The summed E-state index contributed by atoms with van der Waals surface area (Å²) in [4.78, 5) is 24.1. The molecule has 2 N–H and O–H groups in total. The second kappa shape index (κ2) is 7.91. The summed E-state index contributed by atoms with van der Waals surface area (Å²) in [5.41, 5.74) is 1.20. The molecule has 2 heterocycles. The monoisotopic (exact) mass is 287 g/mol. The SMILES string of the molecule is COCCNC(=O)c1cc(NCc2ccccn2)ncn1. The molecule has 0 aliphatic carbocycles. The third-order valence-electron chi connectivity index (χ3n) is 2.67. The highest BCUT2D eigenvalue weighted by atomic mass is 16.5. The van der Waals surface area contributed by atoms with Gasteiger partial charge in [0.15, 0.2) is 0 Å². The van der Waals surface area contributed by atoms with Crippen molar-refractivity contribution in [3.8, 4) is 0 Å². The molecule has 2 rings (SSSR count). The van der Waals surface area contributed by atoms with Crippen molar-refractivity contribution in [2.24, 2.45) is 0 Å². The quantitative estimate of drug-likeness (QED) is 0.734. The van der Waals surface area contributed by atoms with Gasteiger partial charge < -0.3 is 15.4 Å². The van der Waals surface area contributed by atoms with Crippen LogP contribution in [0.1, 0.15) is 16.2 Å². The van der Waals surface area contributed by atoms with Crippen LogP contribution in [0.5, 0.6) is 0 Å². The van der Waals surface area contributed by atoms with E-state index in [0.29, 0.717) is 31.2 Å². The Morgan fingerprint density at radius 3 is 2.95 bits per heavy atom. The summed E-state index contributed by atoms with van der Waals surface area (Å²) in [5, 5.41) is 5.81. The Kier molecular flexibility index (Phi) is 5.60. The molecule has 0 aromatic carbocycles. The van der Waals surface area contributed by atoms with Gasteiger partial charge in [0.2, 0.25) is 0 Å². The zero-order valence-electron chi connectivity index (χ0n) is 11.7. The zero-order valence-corrected chi connectivity index (χ0v) is 11.7. The Labute approximate surface area is 122 Å². The summed E-state index contributed by atoms with van der Waals surface area (Å²) < 4.78 is 4.87. The van der Waals surface area contributed by atoms with Gasteiger partial charge in [-0.05, 0) is 12.1 Å². The lowest BCUT2D eigenvalue weighted by Crippen LogP contribution is -2.27. The molecule has 0 fully saturated rings. The predicted octanol–water partition coefficient (Wildman–Crippen LogP) is 0.860. The summed E-state index contributed by atoms with van der Waals surface area (Å²) in [6, 6.07) is 7.28. The number of methoxy groups -OCH3 is 1. The van der Waals surface area contributed by atoms with E-state index in [0.717, 1.165) is 5.69 Å². The number of hydrogen-bond acceptors (Lipinski definition) is 6. The number of hydrogen-bond donors (Lipinski definition) is 2. The summed E-state index contributed by atoms with van der Waals surface area (Å²) in [6.45, 7) is 1.43. The van der Waals surface area contributed by atoms with Crippen LogP contribution in [0, 0.1) is 0 Å². The van der Waals surface area contributed by atoms with E-state index in [1.165, 1.54) is 6.33 Å². The molecule has 0 spiro atoms. The van der Waals surface area contributed by atoms with E-state index >= 15 is 0 Å². The fraction of sp³-hybridized carbons (Fsp3) is 0.286. The predicted molar refractivity (Wildman–Crippen MR) is 77.8 cm³/mol. The van der Waals surface area contributed by atoms with E-state index in [1.807, 2.05) is 18.2 Å². The summed E-state index contributed by atoms with van der Waals surface area (Å²) >= 11 is 0. The highest BCUT2D eigenvalue weighted by Gasteiger charge is 2.08. The van der Waals surface area contributed by atoms with Crippen molar-refractivity contribution >= 4 is 11.7 Å². The number of carbonyl (C=O) groups is 1. The van der Waals surface area contributed by atoms with Gasteiger partial charge in [-0.25, -0.2) is 9.97 Å². The van der Waals surface area contributed by atoms with Crippen LogP contribution in [0.15, 0.2) is 36.8 Å². The number of ether oxygens (including phenoxy) is 1. The van der Waals surface area contributed by atoms with Gasteiger partial charge in [0.1, 0.15) is 17.8 Å². The van der Waals surface area contributed by atoms with Crippen molar-refractivity contribution in [1.82, 2.24) is 20.3 Å². The van der Waals surface area contributed by atoms with Crippen LogP contribution in [-0.2, 0) is 11.3 Å². The highest BCUT2D eigenvalue weighted by molar-refractivity contribution is 5.92. The van der Waals surface area contributed by atoms with Gasteiger partial charge in [-0.3, -0.25) is 9.78 Å². The smallest absolute Gasteiger partial charge is 0.270 e. The van der Waals surface area contributed by atoms with Gasteiger partial charge in [0, 0.05) is 25.9 Å². The third kappa shape index (κ3) is 4.81. The van der Waals surface area contributed by atoms with E-state index in [4.69, 9.17) is 4.74 Å². The molecular weight excluding hydrogens is 270 g/mol. The lowest BCUT2D eigenvalue weighted by molar-refractivity contribution is 0.0932. The summed E-state index contributed by atoms with van der Waals surface area (Å²) in [5.74, 6) is 0.322. The minimum Gasteiger partial charge on any atom is -0.383 e. The van der Waals surface area contributed by atoms with Gasteiger partial charge >= 0.3 is 0 Å². The van der Waals surface area contributed by atoms with Crippen molar-refractivity contribution in [2.45, 2.75) is 6.54 Å². The number of aromatic nitrogens is 3. The molecule has 0 atom stereocenters. The van der Waals surface area contributed by atoms with Gasteiger partial charge in [-0.15, -0.1) is 0 Å². The highest BCUT2D eigenvalue weighted by Crippen LogP contribution is 2.05. The van der Waals surface area contributed by atoms with Crippen LogP contribution < -0.4 is 10.6 Å². The molecule has 7 heteroatoms. The molecule has 0 saturated heterocycles. The maximum Gasteiger partial charge on any atom is 0.270 e. The van der Waals surface area contributed by atoms with E-state index in [1.54, 1.807) is 19.4 Å². The van der Waals surface area contributed by atoms with E-state index < -0.39 is 0 Å². The number of pyridine rings is 1. The molecule has 2 aromatic heterocycles. The fourth-order valence-electron chi connectivity index (χ4n) is 1.62. The second-order valence-corrected chi connectivity index (χ2v) is 4.21. The third-order valence-corrected chi connectivity index (χ3v) is 2.67. The second-order valence-electron chi connectivity index (χ2n) is 4.21. The summed E-state index contributed by atoms with van der Waals surface area (Å²) in [7, 11) is 1.58. The first-order valence-electron chi connectivity index (χ1n) is 6.52. The first kappa shape index (κ1) is 14.9. The van der Waals surface area contributed by atoms with Crippen LogP contribution >= 0.6 is 0 Å². The Balaban J connectivity index is 1.92. The van der Waals surface area contributed by atoms with E-state index in [2.05, 4.69) is 25.6 Å². The number of nitrogens with zero attached hydrogens (tertiary/aromatic N) is 3. The Morgan fingerprint density at radius 2 is 2.19 bits per heavy atom. The van der Waals surface area contributed by atoms with E-state index in [-0.39, 0.29) is 5.91 Å². The maximum absolute atomic E-state index is 11.8. The minimum atomic E-state index is -0.254. The van der Waals surface area contributed by atoms with E-state index in [9.17, 15) is 4.79 Å². The zero-order chi connectivity index (χ0) is 14.9. The van der Waals surface area contributed by atoms with Crippen molar-refractivity contribution < 1.29 is 9.53 Å². The van der Waals surface area contributed by atoms with Crippen molar-refractivity contribution in [3.05, 3.63) is 48.2 Å². The fourth-order valence-corrected chi connectivity index (χ4v) is 1.62. The molecule has 1 amide bonds. The van der Waals surface area contributed by atoms with Gasteiger partial charge in [0.25, 0.3) is 5.91 Å².